The molecule has 4 amide bonds. The van der Waals surface area contributed by atoms with E-state index in [1.54, 1.807) is 36.9 Å². The van der Waals surface area contributed by atoms with Crippen LogP contribution in [0.25, 0.3) is 21.9 Å². The summed E-state index contributed by atoms with van der Waals surface area (Å²) in [5.41, 5.74) is 12.7. The highest BCUT2D eigenvalue weighted by atomic mass is 16.6. The molecule has 0 unspecified atom stereocenters. The molecule has 3 aromatic rings. The molecule has 6 N–H and O–H groups in total. The number of imidazole rings is 1. The second-order valence-electron chi connectivity index (χ2n) is 18.3. The summed E-state index contributed by atoms with van der Waals surface area (Å²) in [7, 11) is 0. The number of aryl methyl sites for hydroxylation is 1. The molecule has 61 heavy (non-hydrogen) atoms. The van der Waals surface area contributed by atoms with Crippen LogP contribution < -0.4 is 22.1 Å². The zero-order valence-corrected chi connectivity index (χ0v) is 37.9. The van der Waals surface area contributed by atoms with Crippen LogP contribution in [0.3, 0.4) is 0 Å². The van der Waals surface area contributed by atoms with Crippen LogP contribution in [0.15, 0.2) is 30.6 Å². The van der Waals surface area contributed by atoms with Crippen molar-refractivity contribution in [2.24, 2.45) is 5.73 Å². The van der Waals surface area contributed by atoms with E-state index in [9.17, 15) is 24.0 Å². The van der Waals surface area contributed by atoms with Gasteiger partial charge in [0, 0.05) is 64.0 Å². The molecule has 17 nitrogen and oxygen atoms in total. The van der Waals surface area contributed by atoms with Gasteiger partial charge in [-0.15, -0.1) is 0 Å². The summed E-state index contributed by atoms with van der Waals surface area (Å²) < 4.78 is 18.7. The molecule has 0 aliphatic heterocycles. The quantitative estimate of drug-likeness (QED) is 0.0515. The Bertz CT molecular complexity index is 1910. The molecule has 1 atom stereocenters. The van der Waals surface area contributed by atoms with Crippen LogP contribution in [0.4, 0.5) is 15.4 Å². The highest BCUT2D eigenvalue weighted by Crippen LogP contribution is 2.27. The van der Waals surface area contributed by atoms with E-state index < -0.39 is 35.0 Å². The van der Waals surface area contributed by atoms with Gasteiger partial charge in [0.25, 0.3) is 0 Å². The summed E-state index contributed by atoms with van der Waals surface area (Å²) >= 11 is 0. The van der Waals surface area contributed by atoms with Gasteiger partial charge in [-0.25, -0.2) is 19.6 Å². The molecule has 1 aromatic carbocycles. The van der Waals surface area contributed by atoms with E-state index in [0.29, 0.717) is 95.7 Å². The first kappa shape index (κ1) is 50.2. The number of anilines is 1. The maximum Gasteiger partial charge on any atom is 0.410 e. The topological polar surface area (TPSA) is 226 Å². The van der Waals surface area contributed by atoms with Crippen LogP contribution in [0.1, 0.15) is 120 Å². The number of hydrogen-bond acceptors (Lipinski definition) is 12. The fourth-order valence-electron chi connectivity index (χ4n) is 6.38. The van der Waals surface area contributed by atoms with Gasteiger partial charge >= 0.3 is 18.2 Å². The van der Waals surface area contributed by atoms with E-state index in [2.05, 4.69) is 20.6 Å². The number of rotatable bonds is 22. The average Bonchev–Trinajstić information content (AvgIpc) is 3.58. The number of esters is 1. The Morgan fingerprint density at radius 1 is 0.721 bits per heavy atom. The van der Waals surface area contributed by atoms with Crippen molar-refractivity contribution in [1.29, 1.82) is 0 Å². The SMILES string of the molecule is CC(C)(C)OC(=O)CCCCN(CCCCN(CCCNC(=O)CC[C@H](N)C(=O)NCCCn1cnc2c(N)nc3ccccc3c21)C(=O)OC(C)(C)C)C(=O)OC(C)(C)C. The van der Waals surface area contributed by atoms with Gasteiger partial charge in [0.15, 0.2) is 5.82 Å². The summed E-state index contributed by atoms with van der Waals surface area (Å²) in [6.07, 6.45) is 4.81. The first-order valence-corrected chi connectivity index (χ1v) is 21.5. The molecule has 0 saturated heterocycles. The first-order chi connectivity index (χ1) is 28.5. The van der Waals surface area contributed by atoms with Crippen molar-refractivity contribution in [2.75, 3.05) is 45.0 Å². The number of hydrogen-bond donors (Lipinski definition) is 4. The average molecular weight is 854 g/mol. The second kappa shape index (κ2) is 23.1. The molecular weight excluding hydrogens is 783 g/mol. The molecule has 0 aliphatic carbocycles. The summed E-state index contributed by atoms with van der Waals surface area (Å²) in [6.45, 7) is 19.2. The van der Waals surface area contributed by atoms with Crippen LogP contribution >= 0.6 is 0 Å². The van der Waals surface area contributed by atoms with Gasteiger partial charge in [0.2, 0.25) is 11.8 Å². The molecule has 2 heterocycles. The highest BCUT2D eigenvalue weighted by Gasteiger charge is 2.25. The van der Waals surface area contributed by atoms with E-state index in [-0.39, 0.29) is 37.0 Å². The number of fused-ring (bicyclic) bond motifs is 3. The molecular formula is C44H71N9O8. The second-order valence-corrected chi connectivity index (χ2v) is 18.3. The van der Waals surface area contributed by atoms with Crippen LogP contribution in [-0.4, -0.2) is 116 Å². The summed E-state index contributed by atoms with van der Waals surface area (Å²) in [6, 6.07) is 6.89. The Morgan fingerprint density at radius 3 is 1.85 bits per heavy atom. The third-order valence-electron chi connectivity index (χ3n) is 9.19. The molecule has 0 aliphatic rings. The van der Waals surface area contributed by atoms with Crippen molar-refractivity contribution in [3.63, 3.8) is 0 Å². The number of carbonyl (C=O) groups is 5. The predicted molar refractivity (Wildman–Crippen MR) is 236 cm³/mol. The normalized spacial score (nSPS) is 12.5. The lowest BCUT2D eigenvalue weighted by molar-refractivity contribution is -0.155. The lowest BCUT2D eigenvalue weighted by Crippen LogP contribution is -2.42. The number of unbranched alkanes of at least 4 members (excludes halogenated alkanes) is 2. The zero-order chi connectivity index (χ0) is 45.4. The molecule has 2 aromatic heterocycles. The van der Waals surface area contributed by atoms with Gasteiger partial charge in [-0.2, -0.15) is 0 Å². The number of carbonyl (C=O) groups excluding carboxylic acids is 5. The zero-order valence-electron chi connectivity index (χ0n) is 37.9. The van der Waals surface area contributed by atoms with Gasteiger partial charge in [0.05, 0.1) is 23.4 Å². The first-order valence-electron chi connectivity index (χ1n) is 21.5. The number of nitrogens with one attached hydrogen (secondary N) is 2. The molecule has 0 bridgehead atoms. The monoisotopic (exact) mass is 854 g/mol. The minimum absolute atomic E-state index is 0.0725. The minimum Gasteiger partial charge on any atom is -0.460 e. The lowest BCUT2D eigenvalue weighted by Gasteiger charge is -2.29. The van der Waals surface area contributed by atoms with Gasteiger partial charge in [-0.1, -0.05) is 18.2 Å². The smallest absolute Gasteiger partial charge is 0.410 e. The standard InChI is InChI=1S/C44H71N9O8/c1-42(2,3)59-35(55)20-12-13-25-51(40(57)60-43(4,5)6)26-14-15-27-52(41(58)61-44(7,8)9)28-16-23-47-34(54)22-21-32(45)39(56)48-24-17-29-53-30-49-36-37(53)31-18-10-11-19-33(31)50-38(36)46/h10-11,18-19,30,32H,12-17,20-29,45H2,1-9H3,(H2,46,50)(H,47,54)(H,48,56)/t32-/m0/s1. The number of aromatic nitrogens is 3. The maximum absolute atomic E-state index is 13.1. The predicted octanol–water partition coefficient (Wildman–Crippen LogP) is 6.05. The van der Waals surface area contributed by atoms with E-state index >= 15 is 0 Å². The molecule has 0 radical (unpaired) electrons. The van der Waals surface area contributed by atoms with Crippen LogP contribution in [0, 0.1) is 0 Å². The minimum atomic E-state index is -0.847. The van der Waals surface area contributed by atoms with Gasteiger partial charge in [-0.05, 0) is 113 Å². The Balaban J connectivity index is 1.40. The molecule has 0 saturated carbocycles. The number of amides is 4. The number of benzene rings is 1. The van der Waals surface area contributed by atoms with Crippen LogP contribution in [-0.2, 0) is 35.1 Å². The van der Waals surface area contributed by atoms with E-state index in [4.69, 9.17) is 25.7 Å². The fraction of sp³-hybridized carbons (Fsp3) is 0.659. The van der Waals surface area contributed by atoms with Crippen molar-refractivity contribution in [3.8, 4) is 0 Å². The highest BCUT2D eigenvalue weighted by molar-refractivity contribution is 6.06. The maximum atomic E-state index is 13.1. The van der Waals surface area contributed by atoms with Crippen molar-refractivity contribution in [3.05, 3.63) is 30.6 Å². The van der Waals surface area contributed by atoms with Gasteiger partial charge in [-0.3, -0.25) is 14.4 Å². The molecule has 3 rings (SSSR count). The van der Waals surface area contributed by atoms with Crippen LogP contribution in [0.5, 0.6) is 0 Å². The Hall–Kier alpha value is -5.19. The molecule has 0 spiro atoms. The third-order valence-corrected chi connectivity index (χ3v) is 9.19. The number of ether oxygens (including phenoxy) is 3. The Morgan fingerprint density at radius 2 is 1.26 bits per heavy atom. The van der Waals surface area contributed by atoms with Crippen molar-refractivity contribution in [2.45, 2.75) is 149 Å². The molecule has 0 fully saturated rings. The number of nitrogens with zero attached hydrogens (tertiary/aromatic N) is 5. The van der Waals surface area contributed by atoms with Crippen molar-refractivity contribution >= 4 is 57.7 Å². The van der Waals surface area contributed by atoms with Gasteiger partial charge in [0.1, 0.15) is 22.3 Å². The summed E-state index contributed by atoms with van der Waals surface area (Å²) in [5, 5.41) is 6.67. The number of pyridine rings is 1. The van der Waals surface area contributed by atoms with Crippen molar-refractivity contribution in [1.82, 2.24) is 35.0 Å². The largest absolute Gasteiger partial charge is 0.460 e. The fourth-order valence-corrected chi connectivity index (χ4v) is 6.38. The lowest BCUT2D eigenvalue weighted by atomic mass is 10.1. The number of nitrogen functional groups attached to an aromatic ring is 1. The van der Waals surface area contributed by atoms with E-state index in [1.165, 1.54) is 0 Å². The Kier molecular flexibility index (Phi) is 19.0. The van der Waals surface area contributed by atoms with Crippen molar-refractivity contribution < 1.29 is 38.2 Å². The third kappa shape index (κ3) is 18.5. The molecule has 17 heteroatoms. The summed E-state index contributed by atoms with van der Waals surface area (Å²) in [5.74, 6) is -0.476. The molecule has 340 valence electrons. The van der Waals surface area contributed by atoms with E-state index in [1.807, 2.05) is 70.4 Å². The summed E-state index contributed by atoms with van der Waals surface area (Å²) in [4.78, 5) is 75.8. The van der Waals surface area contributed by atoms with Crippen LogP contribution in [0.2, 0.25) is 0 Å². The number of nitrogens with two attached hydrogens (primary N) is 2. The Labute approximate surface area is 361 Å². The van der Waals surface area contributed by atoms with Gasteiger partial charge < -0.3 is 50.7 Å². The number of para-hydroxylation sites is 1. The van der Waals surface area contributed by atoms with E-state index in [0.717, 1.165) is 16.4 Å².